The van der Waals surface area contributed by atoms with Gasteiger partial charge in [-0.2, -0.15) is 0 Å². The average Bonchev–Trinajstić information content (AvgIpc) is 3.31. The van der Waals surface area contributed by atoms with E-state index >= 15 is 0 Å². The number of carbonyl (C=O) groups is 2. The van der Waals surface area contributed by atoms with Crippen LogP contribution in [0.4, 0.5) is 5.00 Å². The van der Waals surface area contributed by atoms with Crippen molar-refractivity contribution in [2.24, 2.45) is 4.99 Å². The predicted molar refractivity (Wildman–Crippen MR) is 112 cm³/mol. The molecule has 0 aliphatic carbocycles. The normalized spacial score (nSPS) is 13.3. The molecule has 2 aromatic rings. The summed E-state index contributed by atoms with van der Waals surface area (Å²) in [5, 5.41) is 3.38. The fourth-order valence-corrected chi connectivity index (χ4v) is 5.16. The molecule has 26 heavy (non-hydrogen) atoms. The highest BCUT2D eigenvalue weighted by Gasteiger charge is 2.20. The van der Waals surface area contributed by atoms with Crippen molar-refractivity contribution in [2.45, 2.75) is 6.92 Å². The summed E-state index contributed by atoms with van der Waals surface area (Å²) in [6, 6.07) is 11.5. The number of thiophene rings is 1. The predicted octanol–water partition coefficient (Wildman–Crippen LogP) is 4.37. The molecule has 1 aromatic heterocycles. The molecule has 0 fully saturated rings. The van der Waals surface area contributed by atoms with Gasteiger partial charge in [0.1, 0.15) is 9.38 Å². The van der Waals surface area contributed by atoms with Gasteiger partial charge in [-0.1, -0.05) is 53.9 Å². The van der Waals surface area contributed by atoms with Crippen LogP contribution in [-0.4, -0.2) is 40.9 Å². The van der Waals surface area contributed by atoms with Crippen molar-refractivity contribution < 1.29 is 14.3 Å². The van der Waals surface area contributed by atoms with Gasteiger partial charge in [0.2, 0.25) is 5.91 Å². The van der Waals surface area contributed by atoms with Crippen molar-refractivity contribution in [1.29, 1.82) is 0 Å². The molecule has 1 amide bonds. The summed E-state index contributed by atoms with van der Waals surface area (Å²) < 4.78 is 6.08. The molecular weight excluding hydrogens is 388 g/mol. The highest BCUT2D eigenvalue weighted by Crippen LogP contribution is 2.36. The fraction of sp³-hybridized carbons (Fsp3) is 0.278. The molecule has 0 saturated carbocycles. The Morgan fingerprint density at radius 1 is 1.31 bits per heavy atom. The molecule has 1 aliphatic heterocycles. The summed E-state index contributed by atoms with van der Waals surface area (Å²) in [5.41, 5.74) is 1.39. The van der Waals surface area contributed by atoms with E-state index in [0.29, 0.717) is 10.6 Å². The highest BCUT2D eigenvalue weighted by molar-refractivity contribution is 8.39. The second kappa shape index (κ2) is 9.25. The number of aliphatic imine (C=N–C) groups is 1. The molecule has 0 atom stereocenters. The van der Waals surface area contributed by atoms with Crippen LogP contribution < -0.4 is 5.32 Å². The Balaban J connectivity index is 1.76. The number of esters is 1. The maximum atomic E-state index is 12.3. The standard InChI is InChI=1S/C18H18N2O3S3/c1-2-23-17(22)13-10-14(12-6-4-3-5-7-12)26-16(13)20-15(21)11-25-18-19-8-9-24-18/h3-7,10H,2,8-9,11H2,1H3,(H,20,21). The summed E-state index contributed by atoms with van der Waals surface area (Å²) in [4.78, 5) is 29.8. The Morgan fingerprint density at radius 2 is 2.12 bits per heavy atom. The van der Waals surface area contributed by atoms with Gasteiger partial charge in [-0.15, -0.1) is 11.3 Å². The highest BCUT2D eigenvalue weighted by atomic mass is 32.2. The molecule has 1 aromatic carbocycles. The first kappa shape index (κ1) is 19.0. The van der Waals surface area contributed by atoms with Crippen LogP contribution in [0.3, 0.4) is 0 Å². The first-order valence-corrected chi connectivity index (χ1v) is 10.9. The van der Waals surface area contributed by atoms with E-state index in [1.165, 1.54) is 23.1 Å². The zero-order valence-electron chi connectivity index (χ0n) is 14.2. The number of carbonyl (C=O) groups excluding carboxylic acids is 2. The van der Waals surface area contributed by atoms with Gasteiger partial charge in [0.05, 0.1) is 24.5 Å². The van der Waals surface area contributed by atoms with E-state index in [2.05, 4.69) is 10.3 Å². The molecule has 0 spiro atoms. The zero-order valence-corrected chi connectivity index (χ0v) is 16.6. The molecule has 1 aliphatic rings. The Hall–Kier alpha value is -1.77. The number of ether oxygens (including phenoxy) is 1. The Bertz CT molecular complexity index is 818. The van der Waals surface area contributed by atoms with Crippen molar-refractivity contribution >= 4 is 56.1 Å². The number of thioether (sulfide) groups is 2. The smallest absolute Gasteiger partial charge is 0.341 e. The zero-order chi connectivity index (χ0) is 18.4. The largest absolute Gasteiger partial charge is 0.462 e. The molecule has 136 valence electrons. The third kappa shape index (κ3) is 4.90. The molecular formula is C18H18N2O3S3. The number of hydrogen-bond acceptors (Lipinski definition) is 7. The lowest BCUT2D eigenvalue weighted by molar-refractivity contribution is -0.113. The van der Waals surface area contributed by atoms with Crippen LogP contribution in [0.25, 0.3) is 10.4 Å². The van der Waals surface area contributed by atoms with Gasteiger partial charge in [0, 0.05) is 10.6 Å². The molecule has 0 radical (unpaired) electrons. The molecule has 3 rings (SSSR count). The fourth-order valence-electron chi connectivity index (χ4n) is 2.28. The van der Waals surface area contributed by atoms with Crippen LogP contribution in [0.1, 0.15) is 17.3 Å². The molecule has 0 saturated heterocycles. The van der Waals surface area contributed by atoms with E-state index in [1.807, 2.05) is 30.3 Å². The van der Waals surface area contributed by atoms with Crippen LogP contribution >= 0.6 is 34.9 Å². The van der Waals surface area contributed by atoms with E-state index < -0.39 is 5.97 Å². The maximum absolute atomic E-state index is 12.3. The summed E-state index contributed by atoms with van der Waals surface area (Å²) >= 11 is 4.47. The quantitative estimate of drug-likeness (QED) is 0.722. The summed E-state index contributed by atoms with van der Waals surface area (Å²) in [6.45, 7) is 2.86. The number of hydrogen-bond donors (Lipinski definition) is 1. The van der Waals surface area contributed by atoms with Gasteiger partial charge in [0.15, 0.2) is 0 Å². The summed E-state index contributed by atoms with van der Waals surface area (Å²) in [6.07, 6.45) is 0. The second-order valence-corrected chi connectivity index (χ2v) is 8.63. The number of nitrogens with one attached hydrogen (secondary N) is 1. The third-order valence-electron chi connectivity index (χ3n) is 3.42. The first-order chi connectivity index (χ1) is 12.7. The van der Waals surface area contributed by atoms with Crippen molar-refractivity contribution in [3.8, 4) is 10.4 Å². The molecule has 2 heterocycles. The summed E-state index contributed by atoms with van der Waals surface area (Å²) in [5.74, 6) is 0.663. The maximum Gasteiger partial charge on any atom is 0.341 e. The minimum Gasteiger partial charge on any atom is -0.462 e. The van der Waals surface area contributed by atoms with Crippen molar-refractivity contribution in [2.75, 3.05) is 30.0 Å². The van der Waals surface area contributed by atoms with E-state index in [1.54, 1.807) is 24.8 Å². The van der Waals surface area contributed by atoms with Crippen molar-refractivity contribution in [3.63, 3.8) is 0 Å². The first-order valence-electron chi connectivity index (χ1n) is 8.13. The Morgan fingerprint density at radius 3 is 2.81 bits per heavy atom. The van der Waals surface area contributed by atoms with Crippen LogP contribution in [0.15, 0.2) is 41.4 Å². The number of nitrogens with zero attached hydrogens (tertiary/aromatic N) is 1. The van der Waals surface area contributed by atoms with Crippen LogP contribution in [-0.2, 0) is 9.53 Å². The lowest BCUT2D eigenvalue weighted by atomic mass is 10.1. The number of amides is 1. The van der Waals surface area contributed by atoms with E-state index in [0.717, 1.165) is 27.1 Å². The van der Waals surface area contributed by atoms with Crippen molar-refractivity contribution in [3.05, 3.63) is 42.0 Å². The minimum absolute atomic E-state index is 0.155. The summed E-state index contributed by atoms with van der Waals surface area (Å²) in [7, 11) is 0. The number of anilines is 1. The van der Waals surface area contributed by atoms with Crippen LogP contribution in [0, 0.1) is 0 Å². The molecule has 5 nitrogen and oxygen atoms in total. The van der Waals surface area contributed by atoms with Crippen LogP contribution in [0.5, 0.6) is 0 Å². The van der Waals surface area contributed by atoms with Gasteiger partial charge in [0.25, 0.3) is 0 Å². The monoisotopic (exact) mass is 406 g/mol. The van der Waals surface area contributed by atoms with Crippen molar-refractivity contribution in [1.82, 2.24) is 0 Å². The van der Waals surface area contributed by atoms with Crippen LogP contribution in [0.2, 0.25) is 0 Å². The SMILES string of the molecule is CCOC(=O)c1cc(-c2ccccc2)sc1NC(=O)CSC1=NCCS1. The third-order valence-corrected chi connectivity index (χ3v) is 6.78. The molecule has 1 N–H and O–H groups in total. The average molecular weight is 407 g/mol. The van der Waals surface area contributed by atoms with Gasteiger partial charge >= 0.3 is 5.97 Å². The van der Waals surface area contributed by atoms with E-state index in [-0.39, 0.29) is 18.3 Å². The van der Waals surface area contributed by atoms with Gasteiger partial charge < -0.3 is 10.1 Å². The number of benzene rings is 1. The number of rotatable bonds is 6. The van der Waals surface area contributed by atoms with E-state index in [9.17, 15) is 9.59 Å². The van der Waals surface area contributed by atoms with Gasteiger partial charge in [-0.05, 0) is 18.6 Å². The topological polar surface area (TPSA) is 67.8 Å². The lowest BCUT2D eigenvalue weighted by Gasteiger charge is -2.05. The van der Waals surface area contributed by atoms with Gasteiger partial charge in [-0.3, -0.25) is 9.79 Å². The van der Waals surface area contributed by atoms with Gasteiger partial charge in [-0.25, -0.2) is 4.79 Å². The Labute approximate surface area is 164 Å². The lowest BCUT2D eigenvalue weighted by Crippen LogP contribution is -2.16. The second-order valence-electron chi connectivity index (χ2n) is 5.27. The Kier molecular flexibility index (Phi) is 6.76. The molecule has 8 heteroatoms. The minimum atomic E-state index is -0.426. The molecule has 0 bridgehead atoms. The molecule has 0 unspecified atom stereocenters. The van der Waals surface area contributed by atoms with E-state index in [4.69, 9.17) is 4.74 Å².